The fourth-order valence-corrected chi connectivity index (χ4v) is 4.73. The van der Waals surface area contributed by atoms with Gasteiger partial charge in [-0.2, -0.15) is 0 Å². The maximum absolute atomic E-state index is 12.9. The van der Waals surface area contributed by atoms with Gasteiger partial charge in [-0.1, -0.05) is 23.4 Å². The maximum Gasteiger partial charge on any atom is 0.338 e. The molecule has 0 saturated carbocycles. The number of benzene rings is 2. The van der Waals surface area contributed by atoms with Crippen LogP contribution in [0.5, 0.6) is 0 Å². The molecule has 2 heterocycles. The van der Waals surface area contributed by atoms with E-state index in [1.165, 1.54) is 24.3 Å². The number of ether oxygens (including phenoxy) is 1. The Balaban J connectivity index is 1.39. The number of ketones is 1. The Morgan fingerprint density at radius 2 is 1.60 bits per heavy atom. The summed E-state index contributed by atoms with van der Waals surface area (Å²) in [5.41, 5.74) is 2.48. The van der Waals surface area contributed by atoms with E-state index in [2.05, 4.69) is 9.97 Å². The Hall–Kier alpha value is -3.56. The summed E-state index contributed by atoms with van der Waals surface area (Å²) in [7, 11) is 0. The van der Waals surface area contributed by atoms with Crippen LogP contribution in [0.2, 0.25) is 5.02 Å². The molecule has 1 aliphatic heterocycles. The summed E-state index contributed by atoms with van der Waals surface area (Å²) in [6, 6.07) is 14.0. The molecule has 1 atom stereocenters. The summed E-state index contributed by atoms with van der Waals surface area (Å²) in [6.07, 6.45) is 0.0243. The lowest BCUT2D eigenvalue weighted by atomic mass is 10.1. The second kappa shape index (κ2) is 10.4. The molecule has 178 valence electrons. The number of aryl methyl sites for hydroxylation is 2. The van der Waals surface area contributed by atoms with E-state index < -0.39 is 17.8 Å². The van der Waals surface area contributed by atoms with Crippen LogP contribution in [0.1, 0.15) is 38.5 Å². The molecule has 0 aliphatic carbocycles. The predicted molar refractivity (Wildman–Crippen MR) is 131 cm³/mol. The van der Waals surface area contributed by atoms with Crippen LogP contribution in [0.25, 0.3) is 0 Å². The van der Waals surface area contributed by atoms with Crippen molar-refractivity contribution >= 4 is 52.6 Å². The first-order valence-corrected chi connectivity index (χ1v) is 11.9. The van der Waals surface area contributed by atoms with E-state index in [0.717, 1.165) is 28.0 Å². The van der Waals surface area contributed by atoms with Crippen molar-refractivity contribution in [3.63, 3.8) is 0 Å². The quantitative estimate of drug-likeness (QED) is 0.202. The van der Waals surface area contributed by atoms with Gasteiger partial charge < -0.3 is 4.74 Å². The average Bonchev–Trinajstić information content (AvgIpc) is 3.09. The maximum atomic E-state index is 12.9. The minimum atomic E-state index is -0.696. The van der Waals surface area contributed by atoms with Gasteiger partial charge in [0.2, 0.25) is 11.8 Å². The van der Waals surface area contributed by atoms with Crippen molar-refractivity contribution in [3.05, 3.63) is 82.1 Å². The van der Waals surface area contributed by atoms with Gasteiger partial charge >= 0.3 is 5.97 Å². The molecule has 1 saturated heterocycles. The first kappa shape index (κ1) is 24.6. The van der Waals surface area contributed by atoms with Crippen LogP contribution in [0.3, 0.4) is 0 Å². The van der Waals surface area contributed by atoms with Crippen molar-refractivity contribution in [2.24, 2.45) is 0 Å². The number of rotatable bonds is 7. The Labute approximate surface area is 210 Å². The largest absolute Gasteiger partial charge is 0.454 e. The second-order valence-electron chi connectivity index (χ2n) is 7.86. The smallest absolute Gasteiger partial charge is 0.338 e. The molecule has 1 aromatic heterocycles. The standard InChI is InChI=1S/C25H20ClN3O5S/c1-14-11-15(2)28-25(27-14)35-21-12-22(31)29(23(21)32)19-9-5-17(6-10-19)24(33)34-13-20(30)16-3-7-18(26)8-4-16/h3-11,21H,12-13H2,1-2H3. The minimum absolute atomic E-state index is 0.0243. The van der Waals surface area contributed by atoms with E-state index in [-0.39, 0.29) is 29.6 Å². The Bertz CT molecular complexity index is 1290. The van der Waals surface area contributed by atoms with E-state index in [1.807, 2.05) is 19.9 Å². The molecule has 35 heavy (non-hydrogen) atoms. The molecule has 0 N–H and O–H groups in total. The zero-order valence-electron chi connectivity index (χ0n) is 18.9. The van der Waals surface area contributed by atoms with Gasteiger partial charge in [0.25, 0.3) is 0 Å². The molecule has 1 aliphatic rings. The SMILES string of the molecule is Cc1cc(C)nc(SC2CC(=O)N(c3ccc(C(=O)OCC(=O)c4ccc(Cl)cc4)cc3)C2=O)n1. The van der Waals surface area contributed by atoms with Crippen molar-refractivity contribution in [1.29, 1.82) is 0 Å². The highest BCUT2D eigenvalue weighted by Gasteiger charge is 2.40. The number of carbonyl (C=O) groups excluding carboxylic acids is 4. The van der Waals surface area contributed by atoms with Crippen LogP contribution >= 0.6 is 23.4 Å². The molecule has 8 nitrogen and oxygen atoms in total. The summed E-state index contributed by atoms with van der Waals surface area (Å²) in [6.45, 7) is 3.25. The highest BCUT2D eigenvalue weighted by atomic mass is 35.5. The number of hydrogen-bond donors (Lipinski definition) is 0. The van der Waals surface area contributed by atoms with Crippen LogP contribution in [0.4, 0.5) is 5.69 Å². The third kappa shape index (κ3) is 5.75. The summed E-state index contributed by atoms with van der Waals surface area (Å²) in [4.78, 5) is 59.8. The van der Waals surface area contributed by atoms with Gasteiger partial charge in [-0.25, -0.2) is 19.7 Å². The fourth-order valence-electron chi connectivity index (χ4n) is 3.52. The Kier molecular flexibility index (Phi) is 7.28. The van der Waals surface area contributed by atoms with Gasteiger partial charge in [-0.05, 0) is 68.4 Å². The molecular weight excluding hydrogens is 490 g/mol. The molecule has 1 unspecified atom stereocenters. The molecular formula is C25H20ClN3O5S. The van der Waals surface area contributed by atoms with Gasteiger partial charge in [0.15, 0.2) is 17.5 Å². The van der Waals surface area contributed by atoms with E-state index in [1.54, 1.807) is 24.3 Å². The van der Waals surface area contributed by atoms with E-state index in [0.29, 0.717) is 21.4 Å². The van der Waals surface area contributed by atoms with E-state index >= 15 is 0 Å². The zero-order chi connectivity index (χ0) is 25.1. The van der Waals surface area contributed by atoms with E-state index in [9.17, 15) is 19.2 Å². The first-order chi connectivity index (χ1) is 16.7. The number of aromatic nitrogens is 2. The third-order valence-corrected chi connectivity index (χ3v) is 6.47. The summed E-state index contributed by atoms with van der Waals surface area (Å²) in [5, 5.41) is 0.311. The van der Waals surface area contributed by atoms with Crippen LogP contribution in [-0.4, -0.2) is 45.4 Å². The number of anilines is 1. The van der Waals surface area contributed by atoms with Crippen molar-refractivity contribution < 1.29 is 23.9 Å². The summed E-state index contributed by atoms with van der Waals surface area (Å²) in [5.74, 6) is -1.78. The molecule has 3 aromatic rings. The normalized spacial score (nSPS) is 15.4. The van der Waals surface area contributed by atoms with Gasteiger partial charge in [0.05, 0.1) is 11.3 Å². The molecule has 10 heteroatoms. The average molecular weight is 510 g/mol. The summed E-state index contributed by atoms with van der Waals surface area (Å²) >= 11 is 6.97. The zero-order valence-corrected chi connectivity index (χ0v) is 20.4. The Morgan fingerprint density at radius 1 is 1.00 bits per heavy atom. The lowest BCUT2D eigenvalue weighted by Crippen LogP contribution is -2.31. The highest BCUT2D eigenvalue weighted by Crippen LogP contribution is 2.32. The molecule has 2 aromatic carbocycles. The van der Waals surface area contributed by atoms with Gasteiger partial charge in [0.1, 0.15) is 5.25 Å². The number of imide groups is 1. The Morgan fingerprint density at radius 3 is 2.23 bits per heavy atom. The number of nitrogens with zero attached hydrogens (tertiary/aromatic N) is 3. The number of hydrogen-bond acceptors (Lipinski definition) is 8. The second-order valence-corrected chi connectivity index (χ2v) is 9.47. The molecule has 2 amide bonds. The molecule has 0 bridgehead atoms. The molecule has 1 fully saturated rings. The molecule has 4 rings (SSSR count). The number of amides is 2. The third-order valence-electron chi connectivity index (χ3n) is 5.18. The van der Waals surface area contributed by atoms with Crippen LogP contribution in [0.15, 0.2) is 59.8 Å². The van der Waals surface area contributed by atoms with Crippen molar-refractivity contribution in [2.45, 2.75) is 30.7 Å². The highest BCUT2D eigenvalue weighted by molar-refractivity contribution is 8.00. The number of carbonyl (C=O) groups is 4. The van der Waals surface area contributed by atoms with Crippen LogP contribution in [0, 0.1) is 13.8 Å². The van der Waals surface area contributed by atoms with Crippen molar-refractivity contribution in [1.82, 2.24) is 9.97 Å². The van der Waals surface area contributed by atoms with Gasteiger partial charge in [-0.15, -0.1) is 0 Å². The molecule has 0 spiro atoms. The van der Waals surface area contributed by atoms with Crippen LogP contribution < -0.4 is 4.90 Å². The van der Waals surface area contributed by atoms with E-state index in [4.69, 9.17) is 16.3 Å². The first-order valence-electron chi connectivity index (χ1n) is 10.6. The lowest BCUT2D eigenvalue weighted by molar-refractivity contribution is -0.121. The van der Waals surface area contributed by atoms with Gasteiger partial charge in [-0.3, -0.25) is 14.4 Å². The van der Waals surface area contributed by atoms with Crippen molar-refractivity contribution in [3.8, 4) is 0 Å². The lowest BCUT2D eigenvalue weighted by Gasteiger charge is -2.15. The number of thioether (sulfide) groups is 1. The number of esters is 1. The van der Waals surface area contributed by atoms with Gasteiger partial charge in [0, 0.05) is 28.4 Å². The molecule has 0 radical (unpaired) electrons. The summed E-state index contributed by atoms with van der Waals surface area (Å²) < 4.78 is 5.10. The van der Waals surface area contributed by atoms with Crippen molar-refractivity contribution in [2.75, 3.05) is 11.5 Å². The fraction of sp³-hybridized carbons (Fsp3) is 0.200. The predicted octanol–water partition coefficient (Wildman–Crippen LogP) is 4.21. The van der Waals surface area contributed by atoms with Crippen LogP contribution in [-0.2, 0) is 14.3 Å². The topological polar surface area (TPSA) is 107 Å². The monoisotopic (exact) mass is 509 g/mol. The minimum Gasteiger partial charge on any atom is -0.454 e. The number of halogens is 1. The number of Topliss-reactive ketones (excluding diaryl/α,β-unsaturated/α-hetero) is 1.